The van der Waals surface area contributed by atoms with Crippen LogP contribution in [0.15, 0.2) is 28.7 Å². The van der Waals surface area contributed by atoms with Crippen LogP contribution in [0.2, 0.25) is 0 Å². The van der Waals surface area contributed by atoms with E-state index in [0.717, 1.165) is 17.6 Å². The van der Waals surface area contributed by atoms with Crippen LogP contribution >= 0.6 is 15.9 Å². The van der Waals surface area contributed by atoms with Crippen molar-refractivity contribution in [2.45, 2.75) is 25.8 Å². The van der Waals surface area contributed by atoms with Crippen molar-refractivity contribution in [3.8, 4) is 0 Å². The number of hydrogen-bond donors (Lipinski definition) is 1. The fourth-order valence-electron chi connectivity index (χ4n) is 2.64. The van der Waals surface area contributed by atoms with Crippen LogP contribution in [0.1, 0.15) is 20.3 Å². The first-order valence-corrected chi connectivity index (χ1v) is 6.55. The van der Waals surface area contributed by atoms with E-state index in [1.165, 1.54) is 12.1 Å². The van der Waals surface area contributed by atoms with Crippen molar-refractivity contribution >= 4 is 21.6 Å². The normalized spacial score (nSPS) is 23.8. The Bertz CT molecular complexity index is 376. The predicted octanol–water partition coefficient (Wildman–Crippen LogP) is 3.01. The van der Waals surface area contributed by atoms with E-state index in [1.807, 2.05) is 0 Å². The van der Waals surface area contributed by atoms with Crippen molar-refractivity contribution in [2.24, 2.45) is 11.7 Å². The Balaban J connectivity index is 2.27. The summed E-state index contributed by atoms with van der Waals surface area (Å²) in [5, 5.41) is 0. The average molecular weight is 283 g/mol. The summed E-state index contributed by atoms with van der Waals surface area (Å²) in [6.07, 6.45) is 1.18. The van der Waals surface area contributed by atoms with Gasteiger partial charge < -0.3 is 10.6 Å². The highest BCUT2D eigenvalue weighted by Crippen LogP contribution is 2.37. The van der Waals surface area contributed by atoms with Gasteiger partial charge in [-0.05, 0) is 50.9 Å². The molecule has 1 aromatic carbocycles. The summed E-state index contributed by atoms with van der Waals surface area (Å²) in [5.74, 6) is 0.619. The molecule has 1 aromatic rings. The topological polar surface area (TPSA) is 29.3 Å². The fourth-order valence-corrected chi connectivity index (χ4v) is 3.03. The van der Waals surface area contributed by atoms with Crippen LogP contribution in [-0.4, -0.2) is 18.6 Å². The van der Waals surface area contributed by atoms with Gasteiger partial charge in [0.05, 0.1) is 0 Å². The van der Waals surface area contributed by atoms with Crippen molar-refractivity contribution in [2.75, 3.05) is 18.0 Å². The number of nitrogens with two attached hydrogens (primary N) is 1. The Kier molecular flexibility index (Phi) is 3.27. The maximum Gasteiger partial charge on any atom is 0.0382 e. The minimum Gasteiger partial charge on any atom is -0.366 e. The lowest BCUT2D eigenvalue weighted by Gasteiger charge is -2.33. The molecule has 1 heterocycles. The Hall–Kier alpha value is -0.540. The highest BCUT2D eigenvalue weighted by Gasteiger charge is 2.37. The molecule has 0 amide bonds. The highest BCUT2D eigenvalue weighted by molar-refractivity contribution is 9.10. The zero-order valence-electron chi connectivity index (χ0n) is 9.91. The molecule has 0 spiro atoms. The van der Waals surface area contributed by atoms with Crippen LogP contribution in [0.4, 0.5) is 5.69 Å². The van der Waals surface area contributed by atoms with Gasteiger partial charge in [0, 0.05) is 22.2 Å². The van der Waals surface area contributed by atoms with E-state index in [2.05, 4.69) is 58.9 Å². The SMILES string of the molecule is CC1(C)CC(CN)CN1c1cccc(Br)c1. The Morgan fingerprint density at radius 2 is 2.25 bits per heavy atom. The van der Waals surface area contributed by atoms with Gasteiger partial charge in [-0.25, -0.2) is 0 Å². The van der Waals surface area contributed by atoms with E-state index in [9.17, 15) is 0 Å². The van der Waals surface area contributed by atoms with Gasteiger partial charge in [0.1, 0.15) is 0 Å². The lowest BCUT2D eigenvalue weighted by molar-refractivity contribution is 0.476. The molecule has 1 fully saturated rings. The van der Waals surface area contributed by atoms with Gasteiger partial charge in [0.15, 0.2) is 0 Å². The monoisotopic (exact) mass is 282 g/mol. The van der Waals surface area contributed by atoms with E-state index >= 15 is 0 Å². The number of nitrogens with zero attached hydrogens (tertiary/aromatic N) is 1. The first-order valence-electron chi connectivity index (χ1n) is 5.76. The molecule has 2 rings (SSSR count). The summed E-state index contributed by atoms with van der Waals surface area (Å²) in [4.78, 5) is 2.47. The molecule has 1 aliphatic heterocycles. The van der Waals surface area contributed by atoms with E-state index < -0.39 is 0 Å². The van der Waals surface area contributed by atoms with Gasteiger partial charge in [-0.2, -0.15) is 0 Å². The Labute approximate surface area is 106 Å². The zero-order chi connectivity index (χ0) is 11.8. The van der Waals surface area contributed by atoms with Crippen LogP contribution in [0.25, 0.3) is 0 Å². The molecular formula is C13H19BrN2. The average Bonchev–Trinajstić information content (AvgIpc) is 2.53. The Morgan fingerprint density at radius 3 is 2.81 bits per heavy atom. The van der Waals surface area contributed by atoms with E-state index in [1.54, 1.807) is 0 Å². The van der Waals surface area contributed by atoms with Crippen LogP contribution < -0.4 is 10.6 Å². The van der Waals surface area contributed by atoms with Gasteiger partial charge in [0.2, 0.25) is 0 Å². The molecule has 0 saturated carbocycles. The van der Waals surface area contributed by atoms with Gasteiger partial charge in [-0.15, -0.1) is 0 Å². The third-order valence-corrected chi connectivity index (χ3v) is 3.91. The van der Waals surface area contributed by atoms with E-state index in [4.69, 9.17) is 5.73 Å². The number of rotatable bonds is 2. The maximum absolute atomic E-state index is 5.79. The van der Waals surface area contributed by atoms with Crippen LogP contribution in [0, 0.1) is 5.92 Å². The summed E-state index contributed by atoms with van der Waals surface area (Å²) in [6, 6.07) is 8.50. The Morgan fingerprint density at radius 1 is 1.50 bits per heavy atom. The maximum atomic E-state index is 5.79. The summed E-state index contributed by atoms with van der Waals surface area (Å²) >= 11 is 3.53. The van der Waals surface area contributed by atoms with E-state index in [0.29, 0.717) is 5.92 Å². The second kappa shape index (κ2) is 4.38. The lowest BCUT2D eigenvalue weighted by Crippen LogP contribution is -2.38. The summed E-state index contributed by atoms with van der Waals surface area (Å²) in [7, 11) is 0. The van der Waals surface area contributed by atoms with Gasteiger partial charge in [0.25, 0.3) is 0 Å². The molecule has 0 aliphatic carbocycles. The quantitative estimate of drug-likeness (QED) is 0.904. The minimum absolute atomic E-state index is 0.213. The van der Waals surface area contributed by atoms with Crippen LogP contribution in [0.5, 0.6) is 0 Å². The minimum atomic E-state index is 0.213. The fraction of sp³-hybridized carbons (Fsp3) is 0.538. The first-order chi connectivity index (χ1) is 7.53. The molecule has 0 aromatic heterocycles. The van der Waals surface area contributed by atoms with Gasteiger partial charge in [-0.1, -0.05) is 22.0 Å². The second-order valence-corrected chi connectivity index (χ2v) is 6.12. The van der Waals surface area contributed by atoms with Crippen molar-refractivity contribution < 1.29 is 0 Å². The number of anilines is 1. The largest absolute Gasteiger partial charge is 0.366 e. The smallest absolute Gasteiger partial charge is 0.0382 e. The standard InChI is InChI=1S/C13H19BrN2/c1-13(2)7-10(8-15)9-16(13)12-5-3-4-11(14)6-12/h3-6,10H,7-9,15H2,1-2H3. The molecular weight excluding hydrogens is 264 g/mol. The summed E-state index contributed by atoms with van der Waals surface area (Å²) in [6.45, 7) is 6.45. The highest BCUT2D eigenvalue weighted by atomic mass is 79.9. The lowest BCUT2D eigenvalue weighted by atomic mass is 9.96. The third-order valence-electron chi connectivity index (χ3n) is 3.41. The van der Waals surface area contributed by atoms with Crippen molar-refractivity contribution in [3.05, 3.63) is 28.7 Å². The van der Waals surface area contributed by atoms with Gasteiger partial charge in [-0.3, -0.25) is 0 Å². The van der Waals surface area contributed by atoms with Crippen molar-refractivity contribution in [1.82, 2.24) is 0 Å². The molecule has 1 atom stereocenters. The van der Waals surface area contributed by atoms with Crippen LogP contribution in [0.3, 0.4) is 0 Å². The first kappa shape index (κ1) is 11.9. The summed E-state index contributed by atoms with van der Waals surface area (Å²) < 4.78 is 1.14. The molecule has 1 unspecified atom stereocenters. The molecule has 0 radical (unpaired) electrons. The molecule has 1 aliphatic rings. The van der Waals surface area contributed by atoms with Crippen molar-refractivity contribution in [3.63, 3.8) is 0 Å². The number of halogens is 1. The molecule has 2 N–H and O–H groups in total. The molecule has 3 heteroatoms. The molecule has 16 heavy (non-hydrogen) atoms. The summed E-state index contributed by atoms with van der Waals surface area (Å²) in [5.41, 5.74) is 7.29. The second-order valence-electron chi connectivity index (χ2n) is 5.21. The van der Waals surface area contributed by atoms with Crippen molar-refractivity contribution in [1.29, 1.82) is 0 Å². The third kappa shape index (κ3) is 2.25. The number of hydrogen-bond acceptors (Lipinski definition) is 2. The van der Waals surface area contributed by atoms with Gasteiger partial charge >= 0.3 is 0 Å². The predicted molar refractivity (Wildman–Crippen MR) is 72.7 cm³/mol. The molecule has 2 nitrogen and oxygen atoms in total. The van der Waals surface area contributed by atoms with Crippen LogP contribution in [-0.2, 0) is 0 Å². The van der Waals surface area contributed by atoms with E-state index in [-0.39, 0.29) is 5.54 Å². The molecule has 0 bridgehead atoms. The molecule has 1 saturated heterocycles. The zero-order valence-corrected chi connectivity index (χ0v) is 11.5. The number of benzene rings is 1. The molecule has 88 valence electrons.